The highest BCUT2D eigenvalue weighted by atomic mass is 32.1. The maximum absolute atomic E-state index is 12.4. The topological polar surface area (TPSA) is 52.8 Å². The Morgan fingerprint density at radius 1 is 1.17 bits per heavy atom. The summed E-state index contributed by atoms with van der Waals surface area (Å²) >= 11 is 1.47. The zero-order valence-corrected chi connectivity index (χ0v) is 14.4. The van der Waals surface area contributed by atoms with E-state index in [4.69, 9.17) is 9.47 Å². The first-order chi connectivity index (χ1) is 11.7. The molecule has 5 nitrogen and oxygen atoms in total. The Morgan fingerprint density at radius 3 is 2.67 bits per heavy atom. The average molecular weight is 342 g/mol. The molecule has 3 aromatic rings. The third-order valence-corrected chi connectivity index (χ3v) is 4.67. The number of fused-ring (bicyclic) bond motifs is 1. The van der Waals surface area contributed by atoms with Gasteiger partial charge in [-0.15, -0.1) is 0 Å². The first-order valence-corrected chi connectivity index (χ1v) is 8.35. The molecule has 0 aliphatic rings. The zero-order chi connectivity index (χ0) is 16.9. The van der Waals surface area contributed by atoms with Crippen molar-refractivity contribution in [3.63, 3.8) is 0 Å². The van der Waals surface area contributed by atoms with Crippen molar-refractivity contribution in [3.05, 3.63) is 58.9 Å². The Morgan fingerprint density at radius 2 is 1.96 bits per heavy atom. The summed E-state index contributed by atoms with van der Waals surface area (Å²) in [4.78, 5) is 17.4. The van der Waals surface area contributed by atoms with Gasteiger partial charge in [0.1, 0.15) is 5.75 Å². The summed E-state index contributed by atoms with van der Waals surface area (Å²) in [5.74, 6) is 0.531. The van der Waals surface area contributed by atoms with Gasteiger partial charge in [0.25, 0.3) is 5.91 Å². The third kappa shape index (κ3) is 3.39. The molecule has 1 aromatic heterocycles. The SMILES string of the molecule is COCCn1c(=NC(=O)c2ccccc2)sc2cc(OC)ccc21. The lowest BCUT2D eigenvalue weighted by atomic mass is 10.2. The monoisotopic (exact) mass is 342 g/mol. The van der Waals surface area contributed by atoms with Crippen molar-refractivity contribution < 1.29 is 14.3 Å². The standard InChI is InChI=1S/C18H18N2O3S/c1-22-11-10-20-15-9-8-14(23-2)12-16(15)24-18(20)19-17(21)13-6-4-3-5-7-13/h3-9,12H,10-11H2,1-2H3. The largest absolute Gasteiger partial charge is 0.497 e. The molecule has 3 rings (SSSR count). The number of rotatable bonds is 5. The van der Waals surface area contributed by atoms with E-state index >= 15 is 0 Å². The van der Waals surface area contributed by atoms with Gasteiger partial charge in [-0.3, -0.25) is 4.79 Å². The van der Waals surface area contributed by atoms with Crippen LogP contribution < -0.4 is 9.54 Å². The van der Waals surface area contributed by atoms with Crippen molar-refractivity contribution >= 4 is 27.5 Å². The summed E-state index contributed by atoms with van der Waals surface area (Å²) in [5, 5.41) is 0. The summed E-state index contributed by atoms with van der Waals surface area (Å²) in [6.45, 7) is 1.17. The summed E-state index contributed by atoms with van der Waals surface area (Å²) in [5.41, 5.74) is 1.59. The van der Waals surface area contributed by atoms with E-state index in [1.165, 1.54) is 11.3 Å². The summed E-state index contributed by atoms with van der Waals surface area (Å²) in [7, 11) is 3.29. The molecule has 0 atom stereocenters. The lowest BCUT2D eigenvalue weighted by molar-refractivity contribution is 0.0997. The van der Waals surface area contributed by atoms with Crippen LogP contribution in [0.25, 0.3) is 10.2 Å². The third-order valence-electron chi connectivity index (χ3n) is 3.63. The number of carbonyl (C=O) groups excluding carboxylic acids is 1. The molecule has 0 saturated carbocycles. The maximum atomic E-state index is 12.4. The number of benzene rings is 2. The molecule has 0 unspecified atom stereocenters. The molecule has 24 heavy (non-hydrogen) atoms. The molecule has 0 radical (unpaired) electrons. The van der Waals surface area contributed by atoms with Crippen LogP contribution in [0.1, 0.15) is 10.4 Å². The van der Waals surface area contributed by atoms with Crippen LogP contribution in [0.3, 0.4) is 0 Å². The first-order valence-electron chi connectivity index (χ1n) is 7.53. The van der Waals surface area contributed by atoms with Crippen molar-refractivity contribution in [1.82, 2.24) is 4.57 Å². The van der Waals surface area contributed by atoms with E-state index in [1.807, 2.05) is 41.0 Å². The van der Waals surface area contributed by atoms with E-state index in [2.05, 4.69) is 4.99 Å². The molecule has 1 amide bonds. The fourth-order valence-corrected chi connectivity index (χ4v) is 3.48. The minimum absolute atomic E-state index is 0.250. The molecule has 0 N–H and O–H groups in total. The van der Waals surface area contributed by atoms with Crippen LogP contribution >= 0.6 is 11.3 Å². The van der Waals surface area contributed by atoms with E-state index in [1.54, 1.807) is 26.4 Å². The fraction of sp³-hybridized carbons (Fsp3) is 0.222. The van der Waals surface area contributed by atoms with Crippen LogP contribution in [0.15, 0.2) is 53.5 Å². The molecule has 124 valence electrons. The second-order valence-corrected chi connectivity index (χ2v) is 6.15. The van der Waals surface area contributed by atoms with Gasteiger partial charge in [-0.1, -0.05) is 29.5 Å². The zero-order valence-electron chi connectivity index (χ0n) is 13.6. The van der Waals surface area contributed by atoms with Crippen molar-refractivity contribution in [3.8, 4) is 5.75 Å². The van der Waals surface area contributed by atoms with Gasteiger partial charge < -0.3 is 14.0 Å². The van der Waals surface area contributed by atoms with Crippen LogP contribution in [-0.4, -0.2) is 31.3 Å². The molecule has 0 aliphatic carbocycles. The number of hydrogen-bond acceptors (Lipinski definition) is 4. The van der Waals surface area contributed by atoms with Gasteiger partial charge in [-0.05, 0) is 30.3 Å². The van der Waals surface area contributed by atoms with Crippen molar-refractivity contribution in [2.75, 3.05) is 20.8 Å². The molecule has 1 heterocycles. The van der Waals surface area contributed by atoms with Gasteiger partial charge in [-0.2, -0.15) is 4.99 Å². The number of amides is 1. The van der Waals surface area contributed by atoms with Crippen LogP contribution in [0.4, 0.5) is 0 Å². The highest BCUT2D eigenvalue weighted by Gasteiger charge is 2.10. The average Bonchev–Trinajstić information content (AvgIpc) is 2.96. The summed E-state index contributed by atoms with van der Waals surface area (Å²) in [6.07, 6.45) is 0. The van der Waals surface area contributed by atoms with Crippen LogP contribution in [0.2, 0.25) is 0 Å². The van der Waals surface area contributed by atoms with Crippen LogP contribution in [0.5, 0.6) is 5.75 Å². The predicted octanol–water partition coefficient (Wildman–Crippen LogP) is 3.10. The lowest BCUT2D eigenvalue weighted by Crippen LogP contribution is -2.19. The highest BCUT2D eigenvalue weighted by molar-refractivity contribution is 7.16. The number of ether oxygens (including phenoxy) is 2. The Balaban J connectivity index is 2.11. The summed E-state index contributed by atoms with van der Waals surface area (Å²) < 4.78 is 13.5. The molecule has 0 bridgehead atoms. The molecule has 6 heteroatoms. The molecular formula is C18H18N2O3S. The summed E-state index contributed by atoms with van der Waals surface area (Å²) in [6, 6.07) is 14.9. The van der Waals surface area contributed by atoms with Crippen molar-refractivity contribution in [1.29, 1.82) is 0 Å². The molecular weight excluding hydrogens is 324 g/mol. The Hall–Kier alpha value is -2.44. The highest BCUT2D eigenvalue weighted by Crippen LogP contribution is 2.23. The molecule has 0 saturated heterocycles. The van der Waals surface area contributed by atoms with Gasteiger partial charge >= 0.3 is 0 Å². The Kier molecular flexibility index (Phi) is 5.08. The first kappa shape index (κ1) is 16.4. The minimum Gasteiger partial charge on any atom is -0.497 e. The van der Waals surface area contributed by atoms with E-state index in [-0.39, 0.29) is 5.91 Å². The van der Waals surface area contributed by atoms with E-state index < -0.39 is 0 Å². The van der Waals surface area contributed by atoms with E-state index in [0.717, 1.165) is 16.0 Å². The molecule has 0 spiro atoms. The normalized spacial score (nSPS) is 11.8. The van der Waals surface area contributed by atoms with Gasteiger partial charge in [0.05, 0.1) is 23.9 Å². The fourth-order valence-electron chi connectivity index (χ4n) is 2.40. The second kappa shape index (κ2) is 7.42. The second-order valence-electron chi connectivity index (χ2n) is 5.15. The van der Waals surface area contributed by atoms with Crippen LogP contribution in [-0.2, 0) is 11.3 Å². The van der Waals surface area contributed by atoms with Gasteiger partial charge in [0, 0.05) is 19.2 Å². The van der Waals surface area contributed by atoms with E-state index in [0.29, 0.717) is 23.5 Å². The Bertz CT molecular complexity index is 913. The Labute approximate surface area is 143 Å². The van der Waals surface area contributed by atoms with Crippen molar-refractivity contribution in [2.45, 2.75) is 6.54 Å². The number of nitrogens with zero attached hydrogens (tertiary/aromatic N) is 2. The molecule has 0 aliphatic heterocycles. The predicted molar refractivity (Wildman–Crippen MR) is 94.6 cm³/mol. The number of aromatic nitrogens is 1. The minimum atomic E-state index is -0.250. The number of thiazole rings is 1. The van der Waals surface area contributed by atoms with Gasteiger partial charge in [0.2, 0.25) is 0 Å². The van der Waals surface area contributed by atoms with Crippen molar-refractivity contribution in [2.24, 2.45) is 4.99 Å². The number of carbonyl (C=O) groups is 1. The van der Waals surface area contributed by atoms with E-state index in [9.17, 15) is 4.79 Å². The number of hydrogen-bond donors (Lipinski definition) is 0. The smallest absolute Gasteiger partial charge is 0.279 e. The molecule has 0 fully saturated rings. The van der Waals surface area contributed by atoms with Gasteiger partial charge in [-0.25, -0.2) is 0 Å². The maximum Gasteiger partial charge on any atom is 0.279 e. The van der Waals surface area contributed by atoms with Crippen LogP contribution in [0, 0.1) is 0 Å². The molecule has 2 aromatic carbocycles. The lowest BCUT2D eigenvalue weighted by Gasteiger charge is -2.05. The quantitative estimate of drug-likeness (QED) is 0.716. The number of methoxy groups -OCH3 is 2. The van der Waals surface area contributed by atoms with Gasteiger partial charge in [0.15, 0.2) is 4.80 Å².